The number of benzene rings is 2. The molecule has 0 aliphatic carbocycles. The first-order chi connectivity index (χ1) is 9.90. The van der Waals surface area contributed by atoms with Gasteiger partial charge in [0.25, 0.3) is 0 Å². The second kappa shape index (κ2) is 6.62. The Balaban J connectivity index is 1.53. The molecule has 0 amide bonds. The van der Waals surface area contributed by atoms with E-state index < -0.39 is 0 Å². The van der Waals surface area contributed by atoms with E-state index >= 15 is 0 Å². The Bertz CT molecular complexity index is 566. The molecule has 1 heterocycles. The van der Waals surface area contributed by atoms with Crippen molar-refractivity contribution in [2.75, 3.05) is 6.54 Å². The first-order valence-electron chi connectivity index (χ1n) is 6.93. The third-order valence-electron chi connectivity index (χ3n) is 3.29. The molecule has 0 unspecified atom stereocenters. The molecule has 3 heteroatoms. The molecule has 0 saturated heterocycles. The van der Waals surface area contributed by atoms with Crippen LogP contribution in [0, 0.1) is 0 Å². The number of hydrogen-bond donors (Lipinski definition) is 0. The lowest BCUT2D eigenvalue weighted by molar-refractivity contribution is 0.310. The summed E-state index contributed by atoms with van der Waals surface area (Å²) in [5.41, 5.74) is 2.69. The molecule has 0 N–H and O–H groups in total. The quantitative estimate of drug-likeness (QED) is 0.837. The summed E-state index contributed by atoms with van der Waals surface area (Å²) in [4.78, 5) is 0. The second-order valence-electron chi connectivity index (χ2n) is 4.89. The number of hydrogen-bond acceptors (Lipinski definition) is 3. The standard InChI is InChI=1S/C17H18N2S/c1-3-7-15(8-4-1)13-19-12-11-17(18-19)20-14-16-9-5-2-6-10-16/h1-10H,11-14H2. The van der Waals surface area contributed by atoms with Crippen LogP contribution in [0.2, 0.25) is 0 Å². The summed E-state index contributed by atoms with van der Waals surface area (Å²) in [6, 6.07) is 21.1. The van der Waals surface area contributed by atoms with Crippen LogP contribution in [0.3, 0.4) is 0 Å². The molecular weight excluding hydrogens is 264 g/mol. The fourth-order valence-electron chi connectivity index (χ4n) is 2.23. The van der Waals surface area contributed by atoms with Gasteiger partial charge < -0.3 is 0 Å². The lowest BCUT2D eigenvalue weighted by Crippen LogP contribution is -2.12. The van der Waals surface area contributed by atoms with Gasteiger partial charge in [0.05, 0.1) is 11.6 Å². The van der Waals surface area contributed by atoms with E-state index in [1.165, 1.54) is 16.2 Å². The van der Waals surface area contributed by atoms with Crippen molar-refractivity contribution in [1.29, 1.82) is 0 Å². The minimum Gasteiger partial charge on any atom is -0.291 e. The van der Waals surface area contributed by atoms with E-state index in [-0.39, 0.29) is 0 Å². The number of hydrazone groups is 1. The summed E-state index contributed by atoms with van der Waals surface area (Å²) in [6.45, 7) is 1.95. The highest BCUT2D eigenvalue weighted by atomic mass is 32.2. The molecule has 102 valence electrons. The molecule has 0 spiro atoms. The monoisotopic (exact) mass is 282 g/mol. The third-order valence-corrected chi connectivity index (χ3v) is 4.39. The Morgan fingerprint density at radius 2 is 1.55 bits per heavy atom. The Kier molecular flexibility index (Phi) is 4.38. The van der Waals surface area contributed by atoms with Crippen LogP contribution in [0.15, 0.2) is 65.8 Å². The summed E-state index contributed by atoms with van der Waals surface area (Å²) < 4.78 is 0. The van der Waals surface area contributed by atoms with Crippen molar-refractivity contribution in [2.45, 2.75) is 18.7 Å². The first kappa shape index (κ1) is 13.3. The van der Waals surface area contributed by atoms with E-state index in [9.17, 15) is 0 Å². The summed E-state index contributed by atoms with van der Waals surface area (Å²) in [5, 5.41) is 8.14. The minimum absolute atomic E-state index is 0.913. The SMILES string of the molecule is c1ccc(CSC2=NN(Cc3ccccc3)CC2)cc1. The molecule has 0 aromatic heterocycles. The maximum Gasteiger partial charge on any atom is 0.0955 e. The van der Waals surface area contributed by atoms with Crippen LogP contribution in [-0.2, 0) is 12.3 Å². The predicted molar refractivity (Wildman–Crippen MR) is 86.6 cm³/mol. The van der Waals surface area contributed by atoms with Gasteiger partial charge in [-0.2, -0.15) is 5.10 Å². The molecule has 2 nitrogen and oxygen atoms in total. The zero-order valence-electron chi connectivity index (χ0n) is 11.4. The number of nitrogens with zero attached hydrogens (tertiary/aromatic N) is 2. The molecule has 1 aliphatic rings. The normalized spacial score (nSPS) is 14.4. The molecule has 2 aromatic carbocycles. The van der Waals surface area contributed by atoms with Crippen LogP contribution in [-0.4, -0.2) is 16.6 Å². The Hall–Kier alpha value is -1.74. The van der Waals surface area contributed by atoms with Crippen LogP contribution in [0.25, 0.3) is 0 Å². The fourth-order valence-corrected chi connectivity index (χ4v) is 3.17. The average Bonchev–Trinajstić information content (AvgIpc) is 2.95. The Morgan fingerprint density at radius 3 is 2.25 bits per heavy atom. The Morgan fingerprint density at radius 1 is 0.900 bits per heavy atom. The van der Waals surface area contributed by atoms with Gasteiger partial charge in [0.15, 0.2) is 0 Å². The van der Waals surface area contributed by atoms with E-state index in [0.717, 1.165) is 25.3 Å². The lowest BCUT2D eigenvalue weighted by atomic mass is 10.2. The summed E-state index contributed by atoms with van der Waals surface area (Å²) >= 11 is 1.86. The van der Waals surface area contributed by atoms with Crippen molar-refractivity contribution in [1.82, 2.24) is 5.01 Å². The number of rotatable bonds is 4. The topological polar surface area (TPSA) is 15.6 Å². The molecule has 3 rings (SSSR count). The molecule has 0 bridgehead atoms. The van der Waals surface area contributed by atoms with Crippen molar-refractivity contribution >= 4 is 16.8 Å². The second-order valence-corrected chi connectivity index (χ2v) is 5.94. The smallest absolute Gasteiger partial charge is 0.0955 e. The van der Waals surface area contributed by atoms with Crippen molar-refractivity contribution < 1.29 is 0 Å². The van der Waals surface area contributed by atoms with Crippen LogP contribution in [0.4, 0.5) is 0 Å². The van der Waals surface area contributed by atoms with Crippen LogP contribution < -0.4 is 0 Å². The largest absolute Gasteiger partial charge is 0.291 e. The molecule has 0 fully saturated rings. The predicted octanol–water partition coefficient (Wildman–Crippen LogP) is 4.14. The van der Waals surface area contributed by atoms with Crippen molar-refractivity contribution in [3.63, 3.8) is 0 Å². The van der Waals surface area contributed by atoms with Crippen LogP contribution >= 0.6 is 11.8 Å². The van der Waals surface area contributed by atoms with Crippen molar-refractivity contribution in [3.8, 4) is 0 Å². The van der Waals surface area contributed by atoms with Gasteiger partial charge in [-0.15, -0.1) is 11.8 Å². The molecule has 2 aromatic rings. The highest BCUT2D eigenvalue weighted by Crippen LogP contribution is 2.21. The van der Waals surface area contributed by atoms with Crippen molar-refractivity contribution in [3.05, 3.63) is 71.8 Å². The molecule has 0 saturated carbocycles. The zero-order chi connectivity index (χ0) is 13.6. The van der Waals surface area contributed by atoms with Crippen LogP contribution in [0.1, 0.15) is 17.5 Å². The highest BCUT2D eigenvalue weighted by Gasteiger charge is 2.14. The third kappa shape index (κ3) is 3.64. The molecule has 20 heavy (non-hydrogen) atoms. The van der Waals surface area contributed by atoms with Gasteiger partial charge in [-0.1, -0.05) is 60.7 Å². The fraction of sp³-hybridized carbons (Fsp3) is 0.235. The van der Waals surface area contributed by atoms with Gasteiger partial charge >= 0.3 is 0 Å². The zero-order valence-corrected chi connectivity index (χ0v) is 12.2. The maximum absolute atomic E-state index is 4.71. The molecule has 1 aliphatic heterocycles. The summed E-state index contributed by atoms with van der Waals surface area (Å²) in [6.07, 6.45) is 1.07. The van der Waals surface area contributed by atoms with Gasteiger partial charge in [0.2, 0.25) is 0 Å². The van der Waals surface area contributed by atoms with Crippen LogP contribution in [0.5, 0.6) is 0 Å². The van der Waals surface area contributed by atoms with Gasteiger partial charge in [-0.3, -0.25) is 5.01 Å². The molecule has 0 atom stereocenters. The summed E-state index contributed by atoms with van der Waals surface area (Å²) in [5.74, 6) is 1.01. The Labute approximate surface area is 124 Å². The summed E-state index contributed by atoms with van der Waals surface area (Å²) in [7, 11) is 0. The first-order valence-corrected chi connectivity index (χ1v) is 7.92. The highest BCUT2D eigenvalue weighted by molar-refractivity contribution is 8.13. The van der Waals surface area contributed by atoms with Gasteiger partial charge in [0.1, 0.15) is 0 Å². The van der Waals surface area contributed by atoms with E-state index in [4.69, 9.17) is 5.10 Å². The van der Waals surface area contributed by atoms with E-state index in [1.807, 2.05) is 11.8 Å². The molecular formula is C17H18N2S. The lowest BCUT2D eigenvalue weighted by Gasteiger charge is -2.12. The van der Waals surface area contributed by atoms with E-state index in [0.29, 0.717) is 0 Å². The van der Waals surface area contributed by atoms with Gasteiger partial charge in [-0.05, 0) is 11.1 Å². The van der Waals surface area contributed by atoms with E-state index in [1.54, 1.807) is 0 Å². The maximum atomic E-state index is 4.71. The van der Waals surface area contributed by atoms with Gasteiger partial charge in [0, 0.05) is 18.7 Å². The number of thioether (sulfide) groups is 1. The minimum atomic E-state index is 0.913. The average molecular weight is 282 g/mol. The van der Waals surface area contributed by atoms with Gasteiger partial charge in [-0.25, -0.2) is 0 Å². The van der Waals surface area contributed by atoms with E-state index in [2.05, 4.69) is 65.7 Å². The molecule has 0 radical (unpaired) electrons. The van der Waals surface area contributed by atoms with Crippen molar-refractivity contribution in [2.24, 2.45) is 5.10 Å².